The molecule has 1 saturated heterocycles. The van der Waals surface area contributed by atoms with Crippen LogP contribution in [0, 0.1) is 29.1 Å². The summed E-state index contributed by atoms with van der Waals surface area (Å²) in [7, 11) is 0. The summed E-state index contributed by atoms with van der Waals surface area (Å²) in [6.45, 7) is 13.9. The Hall–Kier alpha value is -1.51. The van der Waals surface area contributed by atoms with E-state index in [9.17, 15) is 25.2 Å². The monoisotopic (exact) mass is 560 g/mol. The molecule has 7 nitrogen and oxygen atoms in total. The number of carbonyl (C=O) groups is 1. The third-order valence-electron chi connectivity index (χ3n) is 10.5. The summed E-state index contributed by atoms with van der Waals surface area (Å²) < 4.78 is 11.3. The van der Waals surface area contributed by atoms with Crippen molar-refractivity contribution in [3.05, 3.63) is 35.5 Å². The molecular formula is C33H52O7. The SMILES string of the molecule is C=C1CC[C@H](O[C@@H]2O[C@H](C(=O)O)[C@@H](O)[C@H](O)[C@H]2O)C/C1=C/C=C1\CCC[C@@]2(C)C1CC[C@@H]2[C@H](C)CCCC(C)C. The van der Waals surface area contributed by atoms with Crippen LogP contribution in [0.4, 0.5) is 0 Å². The number of allylic oxidation sites excluding steroid dienone is 4. The number of hydrogen-bond donors (Lipinski definition) is 4. The van der Waals surface area contributed by atoms with Gasteiger partial charge in [-0.3, -0.25) is 0 Å². The Morgan fingerprint density at radius 1 is 1.07 bits per heavy atom. The van der Waals surface area contributed by atoms with Crippen molar-refractivity contribution in [3.8, 4) is 0 Å². The second-order valence-electron chi connectivity index (χ2n) is 13.7. The van der Waals surface area contributed by atoms with Gasteiger partial charge < -0.3 is 29.9 Å². The number of aliphatic hydroxyl groups is 3. The number of aliphatic hydroxyl groups excluding tert-OH is 3. The first-order valence-corrected chi connectivity index (χ1v) is 15.6. The minimum Gasteiger partial charge on any atom is -0.479 e. The lowest BCUT2D eigenvalue weighted by Gasteiger charge is -2.44. The Bertz CT molecular complexity index is 970. The van der Waals surface area contributed by atoms with E-state index < -0.39 is 36.7 Å². The molecule has 40 heavy (non-hydrogen) atoms. The van der Waals surface area contributed by atoms with E-state index >= 15 is 0 Å². The van der Waals surface area contributed by atoms with Crippen molar-refractivity contribution in [1.29, 1.82) is 0 Å². The van der Waals surface area contributed by atoms with Gasteiger partial charge in [0, 0.05) is 0 Å². The number of carboxylic acids is 1. The molecule has 1 unspecified atom stereocenters. The van der Waals surface area contributed by atoms with Gasteiger partial charge in [-0.2, -0.15) is 0 Å². The molecule has 226 valence electrons. The lowest BCUT2D eigenvalue weighted by Crippen LogP contribution is -2.60. The van der Waals surface area contributed by atoms with Gasteiger partial charge in [0.05, 0.1) is 6.10 Å². The van der Waals surface area contributed by atoms with Crippen LogP contribution in [-0.4, -0.2) is 63.2 Å². The summed E-state index contributed by atoms with van der Waals surface area (Å²) in [5.41, 5.74) is 4.10. The van der Waals surface area contributed by atoms with Crippen LogP contribution in [0.25, 0.3) is 0 Å². The lowest BCUT2D eigenvalue weighted by molar-refractivity contribution is -0.304. The highest BCUT2D eigenvalue weighted by atomic mass is 16.7. The number of ether oxygens (including phenoxy) is 2. The predicted octanol–water partition coefficient (Wildman–Crippen LogP) is 5.54. The van der Waals surface area contributed by atoms with Crippen LogP contribution in [0.3, 0.4) is 0 Å². The molecule has 0 aromatic heterocycles. The van der Waals surface area contributed by atoms with Crippen molar-refractivity contribution in [3.63, 3.8) is 0 Å². The highest BCUT2D eigenvalue weighted by molar-refractivity contribution is 5.73. The van der Waals surface area contributed by atoms with Crippen LogP contribution in [0.1, 0.15) is 98.3 Å². The van der Waals surface area contributed by atoms with Gasteiger partial charge in [0.2, 0.25) is 0 Å². The first-order valence-electron chi connectivity index (χ1n) is 15.6. The molecule has 4 rings (SSSR count). The molecule has 0 spiro atoms. The molecule has 4 fully saturated rings. The fourth-order valence-electron chi connectivity index (χ4n) is 8.11. The first-order chi connectivity index (χ1) is 18.9. The number of fused-ring (bicyclic) bond motifs is 1. The van der Waals surface area contributed by atoms with E-state index in [2.05, 4.69) is 46.4 Å². The van der Waals surface area contributed by atoms with Gasteiger partial charge in [0.25, 0.3) is 0 Å². The van der Waals surface area contributed by atoms with E-state index in [0.717, 1.165) is 41.7 Å². The molecule has 1 aliphatic heterocycles. The number of aliphatic carboxylic acids is 1. The maximum atomic E-state index is 11.5. The minimum atomic E-state index is -1.72. The Balaban J connectivity index is 1.42. The molecule has 1 heterocycles. The molecule has 10 atom stereocenters. The second kappa shape index (κ2) is 13.2. The number of hydrogen-bond acceptors (Lipinski definition) is 6. The standard InChI is InChI=1S/C33H52O7/c1-19(2)8-6-9-21(4)25-15-16-26-22(10-7-17-33(25,26)5)12-13-23-18-24(14-11-20(23)3)39-32-29(36)27(34)28(35)30(40-32)31(37)38/h12-13,19,21,24-30,32,34-36H,3,6-11,14-18H2,1-2,4-5H3,(H,37,38)/b22-12+,23-13-/t21-,24+,25-,26?,27+,28+,29-,30+,32-,33-/m1/s1. The van der Waals surface area contributed by atoms with Crippen LogP contribution in [0.15, 0.2) is 35.5 Å². The largest absolute Gasteiger partial charge is 0.479 e. The van der Waals surface area contributed by atoms with Crippen LogP contribution in [0.5, 0.6) is 0 Å². The minimum absolute atomic E-state index is 0.314. The topological polar surface area (TPSA) is 116 Å². The van der Waals surface area contributed by atoms with Crippen molar-refractivity contribution < 1.29 is 34.7 Å². The van der Waals surface area contributed by atoms with Crippen LogP contribution < -0.4 is 0 Å². The maximum absolute atomic E-state index is 11.5. The van der Waals surface area contributed by atoms with Gasteiger partial charge in [-0.05, 0) is 86.0 Å². The molecule has 0 bridgehead atoms. The molecule has 3 saturated carbocycles. The van der Waals surface area contributed by atoms with Crippen molar-refractivity contribution >= 4 is 5.97 Å². The first kappa shape index (κ1) is 31.4. The predicted molar refractivity (Wildman–Crippen MR) is 154 cm³/mol. The quantitative estimate of drug-likeness (QED) is 0.293. The highest BCUT2D eigenvalue weighted by Crippen LogP contribution is 2.60. The average molecular weight is 561 g/mol. The van der Waals surface area contributed by atoms with Gasteiger partial charge in [-0.1, -0.05) is 76.8 Å². The van der Waals surface area contributed by atoms with E-state index in [1.165, 1.54) is 44.9 Å². The van der Waals surface area contributed by atoms with Crippen molar-refractivity contribution in [1.82, 2.24) is 0 Å². The van der Waals surface area contributed by atoms with Gasteiger partial charge in [-0.25, -0.2) is 4.79 Å². The summed E-state index contributed by atoms with van der Waals surface area (Å²) in [6.07, 6.45) is 8.55. The Labute approximate surface area is 240 Å². The number of rotatable bonds is 9. The Kier molecular flexibility index (Phi) is 10.4. The molecule has 0 aromatic rings. The molecule has 7 heteroatoms. The van der Waals surface area contributed by atoms with Crippen LogP contribution in [0.2, 0.25) is 0 Å². The van der Waals surface area contributed by atoms with E-state index in [-0.39, 0.29) is 6.10 Å². The summed E-state index contributed by atoms with van der Waals surface area (Å²) in [5, 5.41) is 39.8. The molecule has 0 aromatic carbocycles. The van der Waals surface area contributed by atoms with Crippen molar-refractivity contribution in [2.45, 2.75) is 135 Å². The summed E-state index contributed by atoms with van der Waals surface area (Å²) >= 11 is 0. The molecule has 3 aliphatic carbocycles. The van der Waals surface area contributed by atoms with Crippen molar-refractivity contribution in [2.75, 3.05) is 0 Å². The molecule has 0 amide bonds. The average Bonchev–Trinajstić information content (AvgIpc) is 3.26. The molecule has 4 N–H and O–H groups in total. The molecule has 4 aliphatic rings. The Morgan fingerprint density at radius 2 is 1.82 bits per heavy atom. The van der Waals surface area contributed by atoms with E-state index in [4.69, 9.17) is 9.47 Å². The number of carboxylic acid groups (broad SMARTS) is 1. The third kappa shape index (κ3) is 6.75. The molecular weight excluding hydrogens is 508 g/mol. The zero-order valence-electron chi connectivity index (χ0n) is 24.9. The van der Waals surface area contributed by atoms with Crippen LogP contribution in [-0.2, 0) is 14.3 Å². The van der Waals surface area contributed by atoms with Gasteiger partial charge >= 0.3 is 5.97 Å². The third-order valence-corrected chi connectivity index (χ3v) is 10.5. The second-order valence-corrected chi connectivity index (χ2v) is 13.7. The zero-order chi connectivity index (χ0) is 29.2. The highest BCUT2D eigenvalue weighted by Gasteiger charge is 2.51. The van der Waals surface area contributed by atoms with Crippen molar-refractivity contribution in [2.24, 2.45) is 29.1 Å². The smallest absolute Gasteiger partial charge is 0.335 e. The normalized spacial score (nSPS) is 41.5. The van der Waals surface area contributed by atoms with E-state index in [0.29, 0.717) is 24.2 Å². The summed E-state index contributed by atoms with van der Waals surface area (Å²) in [4.78, 5) is 11.5. The summed E-state index contributed by atoms with van der Waals surface area (Å²) in [6, 6.07) is 0. The fourth-order valence-corrected chi connectivity index (χ4v) is 8.11. The van der Waals surface area contributed by atoms with Gasteiger partial charge in [0.15, 0.2) is 12.4 Å². The van der Waals surface area contributed by atoms with Gasteiger partial charge in [0.1, 0.15) is 18.3 Å². The fraction of sp³-hybridized carbons (Fsp3) is 0.788. The Morgan fingerprint density at radius 3 is 2.52 bits per heavy atom. The van der Waals surface area contributed by atoms with E-state index in [1.807, 2.05) is 0 Å². The maximum Gasteiger partial charge on any atom is 0.335 e. The van der Waals surface area contributed by atoms with Gasteiger partial charge in [-0.15, -0.1) is 0 Å². The lowest BCUT2D eigenvalue weighted by atomic mass is 9.60. The van der Waals surface area contributed by atoms with Crippen LogP contribution >= 0.6 is 0 Å². The zero-order valence-corrected chi connectivity index (χ0v) is 24.9. The summed E-state index contributed by atoms with van der Waals surface area (Å²) in [5.74, 6) is 1.55. The molecule has 0 radical (unpaired) electrons. The van der Waals surface area contributed by atoms with E-state index in [1.54, 1.807) is 5.57 Å².